The Morgan fingerprint density at radius 2 is 1.46 bits per heavy atom. The summed E-state index contributed by atoms with van der Waals surface area (Å²) in [7, 11) is 0. The first-order chi connectivity index (χ1) is 13.5. The fourth-order valence-electron chi connectivity index (χ4n) is 2.77. The summed E-state index contributed by atoms with van der Waals surface area (Å²) in [5.74, 6) is -1.16. The van der Waals surface area contributed by atoms with Crippen LogP contribution in [0.3, 0.4) is 0 Å². The van der Waals surface area contributed by atoms with Crippen LogP contribution in [0.15, 0.2) is 24.7 Å². The summed E-state index contributed by atoms with van der Waals surface area (Å²) in [4.78, 5) is 57.4. The van der Waals surface area contributed by atoms with E-state index in [1.54, 1.807) is 13.8 Å². The lowest BCUT2D eigenvalue weighted by molar-refractivity contribution is 0.0975. The van der Waals surface area contributed by atoms with Crippen LogP contribution in [0.1, 0.15) is 45.8 Å². The number of nitrogens with zero attached hydrogens (tertiary/aromatic N) is 2. The van der Waals surface area contributed by atoms with Gasteiger partial charge in [-0.2, -0.15) is 0 Å². The molecule has 10 nitrogen and oxygen atoms in total. The molecule has 2 amide bonds. The van der Waals surface area contributed by atoms with Gasteiger partial charge >= 0.3 is 12.2 Å². The molecular weight excluding hydrogens is 368 g/mol. The Morgan fingerprint density at radius 1 is 0.929 bits per heavy atom. The van der Waals surface area contributed by atoms with Gasteiger partial charge < -0.3 is 9.47 Å². The van der Waals surface area contributed by atoms with Gasteiger partial charge in [0.1, 0.15) is 12.0 Å². The van der Waals surface area contributed by atoms with Crippen molar-refractivity contribution in [1.29, 1.82) is 0 Å². The van der Waals surface area contributed by atoms with Gasteiger partial charge in [-0.3, -0.25) is 20.2 Å². The Bertz CT molecular complexity index is 910. The summed E-state index contributed by atoms with van der Waals surface area (Å²) < 4.78 is 9.67. The number of benzene rings is 1. The summed E-state index contributed by atoms with van der Waals surface area (Å²) >= 11 is 0. The van der Waals surface area contributed by atoms with Crippen LogP contribution in [0.5, 0.6) is 0 Å². The molecule has 0 fully saturated rings. The van der Waals surface area contributed by atoms with Gasteiger partial charge in [0.05, 0.1) is 41.3 Å². The zero-order chi connectivity index (χ0) is 20.3. The van der Waals surface area contributed by atoms with Crippen molar-refractivity contribution in [3.8, 4) is 0 Å². The van der Waals surface area contributed by atoms with Gasteiger partial charge in [-0.15, -0.1) is 0 Å². The minimum atomic E-state index is -0.787. The molecule has 0 saturated heterocycles. The predicted molar refractivity (Wildman–Crippen MR) is 96.6 cm³/mol. The highest BCUT2D eigenvalue weighted by Crippen LogP contribution is 2.35. The normalized spacial score (nSPS) is 11.9. The molecule has 144 valence electrons. The molecular formula is C18H16N4O6. The smallest absolute Gasteiger partial charge is 0.411 e. The molecule has 0 aliphatic heterocycles. The number of rotatable bonds is 4. The van der Waals surface area contributed by atoms with Gasteiger partial charge in [0, 0.05) is 6.20 Å². The van der Waals surface area contributed by atoms with Crippen molar-refractivity contribution in [3.63, 3.8) is 0 Å². The Labute approximate surface area is 159 Å². The number of fused-ring (bicyclic) bond motifs is 2. The van der Waals surface area contributed by atoms with Crippen molar-refractivity contribution < 1.29 is 28.7 Å². The molecule has 1 aromatic carbocycles. The number of hydrogen-bond acceptors (Lipinski definition) is 8. The quantitative estimate of drug-likeness (QED) is 0.699. The van der Waals surface area contributed by atoms with Crippen molar-refractivity contribution in [3.05, 3.63) is 47.0 Å². The molecule has 0 unspecified atom stereocenters. The number of amides is 2. The van der Waals surface area contributed by atoms with Crippen LogP contribution in [0, 0.1) is 0 Å². The average Bonchev–Trinajstić information content (AvgIpc) is 2.67. The Kier molecular flexibility index (Phi) is 5.30. The van der Waals surface area contributed by atoms with Crippen molar-refractivity contribution >= 4 is 35.1 Å². The zero-order valence-electron chi connectivity index (χ0n) is 15.1. The number of nitrogens with one attached hydrogen (secondary N) is 2. The summed E-state index contributed by atoms with van der Waals surface area (Å²) in [6, 6.07) is 2.77. The van der Waals surface area contributed by atoms with Gasteiger partial charge in [-0.1, -0.05) is 0 Å². The standard InChI is InChI=1S/C18H16N4O6/c1-3-27-17(25)21-10-5-6-11(22-18(26)28-4-2)13-12(10)15(23)9-7-19-8-20-14(9)16(13)24/h5-8H,3-4H2,1-2H3,(H,21,25)(H,22,26). The molecule has 0 saturated carbocycles. The number of ketones is 2. The molecule has 10 heteroatoms. The molecule has 0 atom stereocenters. The van der Waals surface area contributed by atoms with Gasteiger partial charge in [0.2, 0.25) is 5.78 Å². The number of carbonyl (C=O) groups excluding carboxylic acids is 4. The van der Waals surface area contributed by atoms with Crippen LogP contribution in [0.25, 0.3) is 0 Å². The fraction of sp³-hybridized carbons (Fsp3) is 0.222. The third kappa shape index (κ3) is 3.39. The summed E-state index contributed by atoms with van der Waals surface area (Å²) in [5.41, 5.74) is -0.151. The fourth-order valence-corrected chi connectivity index (χ4v) is 2.77. The zero-order valence-corrected chi connectivity index (χ0v) is 15.1. The summed E-state index contributed by atoms with van der Waals surface area (Å²) in [6.45, 7) is 3.51. The van der Waals surface area contributed by atoms with Crippen molar-refractivity contribution in [2.75, 3.05) is 23.8 Å². The topological polar surface area (TPSA) is 137 Å². The molecule has 0 bridgehead atoms. The molecule has 2 aromatic rings. The molecule has 0 spiro atoms. The first-order valence-corrected chi connectivity index (χ1v) is 8.41. The monoisotopic (exact) mass is 384 g/mol. The molecule has 2 N–H and O–H groups in total. The number of hydrogen-bond donors (Lipinski definition) is 2. The number of anilines is 2. The minimum Gasteiger partial charge on any atom is -0.450 e. The first-order valence-electron chi connectivity index (χ1n) is 8.41. The predicted octanol–water partition coefficient (Wildman–Crippen LogP) is 2.39. The highest BCUT2D eigenvalue weighted by molar-refractivity contribution is 6.31. The van der Waals surface area contributed by atoms with E-state index < -0.39 is 23.8 Å². The maximum Gasteiger partial charge on any atom is 0.411 e. The third-order valence-corrected chi connectivity index (χ3v) is 3.86. The van der Waals surface area contributed by atoms with Gasteiger partial charge in [0.25, 0.3) is 0 Å². The van der Waals surface area contributed by atoms with Crippen LogP contribution < -0.4 is 10.6 Å². The van der Waals surface area contributed by atoms with Crippen LogP contribution in [-0.2, 0) is 9.47 Å². The Hall–Kier alpha value is -3.82. The van der Waals surface area contributed by atoms with E-state index >= 15 is 0 Å². The third-order valence-electron chi connectivity index (χ3n) is 3.86. The molecule has 28 heavy (non-hydrogen) atoms. The van der Waals surface area contributed by atoms with Gasteiger partial charge in [-0.05, 0) is 26.0 Å². The number of carbonyl (C=O) groups is 4. The lowest BCUT2D eigenvalue weighted by Gasteiger charge is -2.22. The van der Waals surface area contributed by atoms with E-state index in [9.17, 15) is 19.2 Å². The van der Waals surface area contributed by atoms with Crippen LogP contribution in [0.2, 0.25) is 0 Å². The van der Waals surface area contributed by atoms with E-state index in [2.05, 4.69) is 20.6 Å². The second kappa shape index (κ2) is 7.82. The van der Waals surface area contributed by atoms with E-state index in [1.165, 1.54) is 18.3 Å². The van der Waals surface area contributed by atoms with Crippen LogP contribution >= 0.6 is 0 Å². The lowest BCUT2D eigenvalue weighted by Crippen LogP contribution is -2.27. The van der Waals surface area contributed by atoms with Crippen molar-refractivity contribution in [2.24, 2.45) is 0 Å². The Morgan fingerprint density at radius 3 is 2.00 bits per heavy atom. The molecule has 3 rings (SSSR count). The van der Waals surface area contributed by atoms with E-state index in [0.29, 0.717) is 0 Å². The molecule has 1 aliphatic rings. The average molecular weight is 384 g/mol. The van der Waals surface area contributed by atoms with E-state index in [0.717, 1.165) is 6.33 Å². The van der Waals surface area contributed by atoms with Crippen molar-refractivity contribution in [2.45, 2.75) is 13.8 Å². The number of aromatic nitrogens is 2. The van der Waals surface area contributed by atoms with Gasteiger partial charge in [-0.25, -0.2) is 19.6 Å². The minimum absolute atomic E-state index is 0.000179. The molecule has 1 heterocycles. The molecule has 1 aromatic heterocycles. The second-order valence-electron chi connectivity index (χ2n) is 5.54. The summed E-state index contributed by atoms with van der Waals surface area (Å²) in [6.07, 6.45) is 0.801. The SMILES string of the molecule is CCOC(=O)Nc1ccc(NC(=O)OCC)c2c1C(=O)c1cncnc1C2=O. The first kappa shape index (κ1) is 19.0. The molecule has 0 radical (unpaired) electrons. The second-order valence-corrected chi connectivity index (χ2v) is 5.54. The highest BCUT2D eigenvalue weighted by atomic mass is 16.6. The maximum absolute atomic E-state index is 13.0. The molecule has 1 aliphatic carbocycles. The van der Waals surface area contributed by atoms with Crippen molar-refractivity contribution in [1.82, 2.24) is 9.97 Å². The largest absolute Gasteiger partial charge is 0.450 e. The highest BCUT2D eigenvalue weighted by Gasteiger charge is 2.36. The van der Waals surface area contributed by atoms with Gasteiger partial charge in [0.15, 0.2) is 5.78 Å². The lowest BCUT2D eigenvalue weighted by atomic mass is 9.85. The van der Waals surface area contributed by atoms with Crippen LogP contribution in [-0.4, -0.2) is 46.9 Å². The maximum atomic E-state index is 13.0. The van der Waals surface area contributed by atoms with E-state index in [-0.39, 0.29) is 47.0 Å². The van der Waals surface area contributed by atoms with E-state index in [1.807, 2.05) is 0 Å². The van der Waals surface area contributed by atoms with Crippen LogP contribution in [0.4, 0.5) is 21.0 Å². The Balaban J connectivity index is 2.15. The number of ether oxygens (including phenoxy) is 2. The summed E-state index contributed by atoms with van der Waals surface area (Å²) in [5, 5.41) is 4.88. The van der Waals surface area contributed by atoms with E-state index in [4.69, 9.17) is 9.47 Å².